The minimum atomic E-state index is -1.13. The number of amides is 3. The van der Waals surface area contributed by atoms with Crippen LogP contribution in [-0.4, -0.2) is 52.6 Å². The van der Waals surface area contributed by atoms with Crippen LogP contribution in [0, 0.1) is 0 Å². The van der Waals surface area contributed by atoms with Gasteiger partial charge in [0.05, 0.1) is 0 Å². The van der Waals surface area contributed by atoms with Gasteiger partial charge in [-0.05, 0) is 0 Å². The molecule has 5 N–H and O–H groups in total. The zero-order chi connectivity index (χ0) is 27.4. The molecule has 0 saturated carbocycles. The van der Waals surface area contributed by atoms with Gasteiger partial charge in [0.1, 0.15) is 0 Å². The van der Waals surface area contributed by atoms with Gasteiger partial charge < -0.3 is 0 Å². The van der Waals surface area contributed by atoms with Crippen LogP contribution in [0.15, 0.2) is 59.7 Å². The summed E-state index contributed by atoms with van der Waals surface area (Å²) in [5.41, 5.74) is 7.48. The van der Waals surface area contributed by atoms with Gasteiger partial charge in [-0.15, -0.1) is 0 Å². The molecule has 0 bridgehead atoms. The van der Waals surface area contributed by atoms with Gasteiger partial charge in [0.25, 0.3) is 0 Å². The number of halogens is 3. The quantitative estimate of drug-likeness (QED) is 0.199. The van der Waals surface area contributed by atoms with Crippen molar-refractivity contribution in [1.29, 1.82) is 0 Å². The van der Waals surface area contributed by atoms with Crippen molar-refractivity contribution < 1.29 is 39.2 Å². The van der Waals surface area contributed by atoms with E-state index in [4.69, 9.17) is 32.9 Å². The van der Waals surface area contributed by atoms with Crippen molar-refractivity contribution >= 4 is 52.4 Å². The molecule has 0 radical (unpaired) electrons. The number of hydrogen-bond donors (Lipinski definition) is 3. The number of nitrogens with two attached hydrogens (primary N) is 2. The molecule has 0 aromatic heterocycles. The fraction of sp³-hybridized carbons (Fsp3) is 0.308. The molecule has 3 heterocycles. The van der Waals surface area contributed by atoms with Gasteiger partial charge in [0.2, 0.25) is 0 Å². The van der Waals surface area contributed by atoms with E-state index in [-0.39, 0.29) is 24.9 Å². The number of rotatable bonds is 6. The number of nitrogens with zero attached hydrogens (tertiary/aromatic N) is 3. The van der Waals surface area contributed by atoms with Crippen LogP contribution in [0.25, 0.3) is 0 Å². The predicted octanol–water partition coefficient (Wildman–Crippen LogP) is -1.37. The minimum absolute atomic E-state index is 0.0664. The van der Waals surface area contributed by atoms with E-state index in [9.17, 15) is 14.4 Å². The molecule has 5 rings (SSSR count). The summed E-state index contributed by atoms with van der Waals surface area (Å²) >= 11 is 11.8. The van der Waals surface area contributed by atoms with Crippen LogP contribution in [0.2, 0.25) is 10.0 Å². The second-order valence-corrected chi connectivity index (χ2v) is 12.2. The van der Waals surface area contributed by atoms with Crippen molar-refractivity contribution in [2.45, 2.75) is 37.1 Å². The van der Waals surface area contributed by atoms with Crippen LogP contribution in [0.1, 0.15) is 36.8 Å². The molecular weight excluding hydrogens is 642 g/mol. The van der Waals surface area contributed by atoms with Crippen molar-refractivity contribution in [3.05, 3.63) is 75.8 Å². The average Bonchev–Trinajstić information content (AvgIpc) is 3.10. The van der Waals surface area contributed by atoms with E-state index in [1.54, 1.807) is 12.1 Å². The number of hydrazone groups is 1. The Morgan fingerprint density at radius 2 is 1.97 bits per heavy atom. The number of nitrogens with one attached hydrogen (secondary N) is 1. The normalized spacial score (nSPS) is 26.4. The van der Waals surface area contributed by atoms with Crippen molar-refractivity contribution in [3.63, 3.8) is 0 Å². The number of quaternary nitrogens is 1. The molecule has 3 aliphatic rings. The summed E-state index contributed by atoms with van der Waals surface area (Å²) in [6.07, 6.45) is 0.890. The monoisotopic (exact) mass is 668 g/mol. The van der Waals surface area contributed by atoms with Gasteiger partial charge in [0, 0.05) is 0 Å². The summed E-state index contributed by atoms with van der Waals surface area (Å²) in [5, 5.41) is 6.74. The molecule has 3 amide bonds. The average molecular weight is 669 g/mol. The number of hydrogen-bond acceptors (Lipinski definition) is 6. The summed E-state index contributed by atoms with van der Waals surface area (Å²) < 4.78 is 6.88. The van der Waals surface area contributed by atoms with Gasteiger partial charge in [-0.1, -0.05) is 0 Å². The molecule has 3 aliphatic heterocycles. The van der Waals surface area contributed by atoms with Crippen molar-refractivity contribution in [2.24, 2.45) is 14.8 Å². The van der Waals surface area contributed by atoms with Gasteiger partial charge in [-0.25, -0.2) is 0 Å². The molecule has 2 aromatic rings. The number of amidine groups is 1. The first-order chi connectivity index (χ1) is 18.1. The Bertz CT molecular complexity index is 1400. The van der Waals surface area contributed by atoms with E-state index in [0.717, 1.165) is 27.4 Å². The van der Waals surface area contributed by atoms with Gasteiger partial charge in [-0.2, -0.15) is 0 Å². The SMILES string of the molecule is C=C(CC)[C@H]1N2CC(=O)N(CC(N)=O)N=C2C[C@@H](c2cccc(Cl)c2)[C@]12C(=O)[NH+]([I-]N)c1cc(Cl)ccc12. The van der Waals surface area contributed by atoms with Crippen LogP contribution in [0.4, 0.5) is 5.69 Å². The first-order valence-electron chi connectivity index (χ1n) is 12.0. The van der Waals surface area contributed by atoms with E-state index in [1.807, 2.05) is 42.2 Å². The Morgan fingerprint density at radius 1 is 1.24 bits per heavy atom. The second kappa shape index (κ2) is 10.2. The Kier molecular flexibility index (Phi) is 7.29. The molecule has 12 heteroatoms. The number of primary amides is 1. The summed E-state index contributed by atoms with van der Waals surface area (Å²) in [6, 6.07) is 12.4. The fourth-order valence-electron chi connectivity index (χ4n) is 6.07. The molecule has 200 valence electrons. The Labute approximate surface area is 241 Å². The number of carbonyl (C=O) groups is 3. The van der Waals surface area contributed by atoms with E-state index < -0.39 is 45.0 Å². The second-order valence-electron chi connectivity index (χ2n) is 9.60. The van der Waals surface area contributed by atoms with E-state index in [1.165, 1.54) is 0 Å². The fourth-order valence-corrected chi connectivity index (χ4v) is 7.95. The standard InChI is InChI=1S/C26H27Cl2IN6O3/c1-3-14(2)24-26(18-8-7-17(28)10-20(18)35(29-31)25(26)38)19(15-5-4-6-16(27)9-15)11-22-32-34(12-21(30)36)23(37)13-33(22)24/h4-10,19,24,35H,2-3,11-13,31H2,1H3,(H2,30,36)/t19-,24+,26-/m0/s1. The molecule has 0 aliphatic carbocycles. The summed E-state index contributed by atoms with van der Waals surface area (Å²) in [6.45, 7) is 5.98. The first-order valence-corrected chi connectivity index (χ1v) is 15.1. The number of benzene rings is 2. The third-order valence-corrected chi connectivity index (χ3v) is 9.75. The Morgan fingerprint density at radius 3 is 2.63 bits per heavy atom. The van der Waals surface area contributed by atoms with E-state index in [2.05, 4.69) is 11.7 Å². The van der Waals surface area contributed by atoms with E-state index >= 15 is 0 Å². The molecule has 1 fully saturated rings. The van der Waals surface area contributed by atoms with Crippen LogP contribution in [0.5, 0.6) is 0 Å². The number of piperidine rings is 1. The molecule has 4 atom stereocenters. The molecule has 2 aromatic carbocycles. The molecule has 1 spiro atoms. The molecule has 9 nitrogen and oxygen atoms in total. The zero-order valence-electron chi connectivity index (χ0n) is 20.6. The molecule has 38 heavy (non-hydrogen) atoms. The van der Waals surface area contributed by atoms with Gasteiger partial charge in [0.15, 0.2) is 0 Å². The Hall–Kier alpha value is -2.51. The maximum atomic E-state index is 14.7. The maximum absolute atomic E-state index is 14.7. The Balaban J connectivity index is 1.82. The number of carbonyl (C=O) groups excluding carboxylic acids is 3. The van der Waals surface area contributed by atoms with Crippen LogP contribution in [0.3, 0.4) is 0 Å². The topological polar surface area (TPSA) is 127 Å². The summed E-state index contributed by atoms with van der Waals surface area (Å²) in [5.74, 6) is -0.933. The van der Waals surface area contributed by atoms with Crippen LogP contribution >= 0.6 is 23.2 Å². The summed E-state index contributed by atoms with van der Waals surface area (Å²) in [4.78, 5) is 41.4. The predicted molar refractivity (Wildman–Crippen MR) is 140 cm³/mol. The van der Waals surface area contributed by atoms with Gasteiger partial charge in [-0.3, -0.25) is 0 Å². The third-order valence-electron chi connectivity index (χ3n) is 7.59. The van der Waals surface area contributed by atoms with Crippen molar-refractivity contribution in [1.82, 2.24) is 9.91 Å². The van der Waals surface area contributed by atoms with E-state index in [0.29, 0.717) is 31.8 Å². The zero-order valence-corrected chi connectivity index (χ0v) is 24.3. The van der Waals surface area contributed by atoms with Gasteiger partial charge >= 0.3 is 242 Å². The first kappa shape index (κ1) is 27.1. The summed E-state index contributed by atoms with van der Waals surface area (Å²) in [7, 11) is 0. The van der Waals surface area contributed by atoms with Crippen LogP contribution < -0.4 is 34.5 Å². The molecular formula is C26H27Cl2IN6O3. The van der Waals surface area contributed by atoms with Crippen molar-refractivity contribution in [2.75, 3.05) is 13.1 Å². The number of fused-ring (bicyclic) bond motifs is 3. The third kappa shape index (κ3) is 4.13. The van der Waals surface area contributed by atoms with Crippen molar-refractivity contribution in [3.8, 4) is 0 Å². The molecule has 1 unspecified atom stereocenters. The van der Waals surface area contributed by atoms with Crippen LogP contribution in [-0.2, 0) is 19.8 Å². The molecule has 1 saturated heterocycles.